The van der Waals surface area contributed by atoms with E-state index in [-0.39, 0.29) is 0 Å². The van der Waals surface area contributed by atoms with Crippen LogP contribution >= 0.6 is 0 Å². The molecule has 13 heavy (non-hydrogen) atoms. The normalized spacial score (nSPS) is 10.6. The van der Waals surface area contributed by atoms with Gasteiger partial charge in [-0.05, 0) is 12.5 Å². The van der Waals surface area contributed by atoms with E-state index >= 15 is 0 Å². The lowest BCUT2D eigenvalue weighted by Crippen LogP contribution is -1.77. The van der Waals surface area contributed by atoms with E-state index in [0.717, 1.165) is 12.1 Å². The highest BCUT2D eigenvalue weighted by molar-refractivity contribution is 5.46. The van der Waals surface area contributed by atoms with Crippen LogP contribution in [0.2, 0.25) is 0 Å². The highest BCUT2D eigenvalue weighted by atomic mass is 16.4. The topological polar surface area (TPSA) is 67.6 Å². The molecule has 5 heteroatoms. The van der Waals surface area contributed by atoms with Crippen LogP contribution in [0.3, 0.4) is 0 Å². The van der Waals surface area contributed by atoms with Gasteiger partial charge in [0.25, 0.3) is 5.89 Å². The van der Waals surface area contributed by atoms with E-state index in [1.165, 1.54) is 0 Å². The fourth-order valence-electron chi connectivity index (χ4n) is 1.05. The Morgan fingerprint density at radius 2 is 2.31 bits per heavy atom. The summed E-state index contributed by atoms with van der Waals surface area (Å²) in [6, 6.07) is 1.91. The molecule has 0 aliphatic rings. The number of nitrogens with zero attached hydrogens (tertiary/aromatic N) is 3. The molecule has 0 fully saturated rings. The number of hydrogen-bond acceptors (Lipinski definition) is 4. The Labute approximate surface area is 75.2 Å². The van der Waals surface area contributed by atoms with Gasteiger partial charge in [0.2, 0.25) is 5.89 Å². The van der Waals surface area contributed by atoms with Crippen LogP contribution in [0.15, 0.2) is 10.5 Å². The molecule has 2 aromatic heterocycles. The van der Waals surface area contributed by atoms with Crippen LogP contribution in [0.5, 0.6) is 0 Å². The molecule has 0 unspecified atom stereocenters. The number of nitrogens with one attached hydrogen (secondary N) is 1. The monoisotopic (exact) mass is 178 g/mol. The van der Waals surface area contributed by atoms with Crippen molar-refractivity contribution in [2.75, 3.05) is 0 Å². The van der Waals surface area contributed by atoms with E-state index < -0.39 is 0 Å². The predicted molar refractivity (Wildman–Crippen MR) is 46.0 cm³/mol. The number of rotatable bonds is 2. The molecule has 0 aliphatic carbocycles. The van der Waals surface area contributed by atoms with Crippen LogP contribution in [0, 0.1) is 6.92 Å². The number of aryl methyl sites for hydroxylation is 2. The molecule has 1 N–H and O–H groups in total. The maximum atomic E-state index is 5.22. The quantitative estimate of drug-likeness (QED) is 0.753. The molecule has 0 atom stereocenters. The van der Waals surface area contributed by atoms with Gasteiger partial charge in [-0.15, -0.1) is 10.2 Å². The molecular weight excluding hydrogens is 168 g/mol. The van der Waals surface area contributed by atoms with Crippen molar-refractivity contribution in [2.24, 2.45) is 0 Å². The third-order valence-electron chi connectivity index (χ3n) is 1.76. The average molecular weight is 178 g/mol. The van der Waals surface area contributed by atoms with Crippen LogP contribution in [0.25, 0.3) is 11.6 Å². The van der Waals surface area contributed by atoms with Crippen LogP contribution in [0.4, 0.5) is 0 Å². The van der Waals surface area contributed by atoms with Crippen LogP contribution in [0.1, 0.15) is 18.5 Å². The van der Waals surface area contributed by atoms with Crippen molar-refractivity contribution in [1.82, 2.24) is 20.4 Å². The van der Waals surface area contributed by atoms with E-state index in [2.05, 4.69) is 27.3 Å². The molecule has 0 amide bonds. The van der Waals surface area contributed by atoms with Crippen molar-refractivity contribution in [3.8, 4) is 11.6 Å². The van der Waals surface area contributed by atoms with Crippen molar-refractivity contribution in [3.05, 3.63) is 17.7 Å². The average Bonchev–Trinajstić information content (AvgIpc) is 2.71. The van der Waals surface area contributed by atoms with Gasteiger partial charge in [0.15, 0.2) is 0 Å². The lowest BCUT2D eigenvalue weighted by Gasteiger charge is -1.82. The number of H-pyrrole nitrogens is 1. The predicted octanol–water partition coefficient (Wildman–Crippen LogP) is 1.33. The first-order chi connectivity index (χ1) is 6.29. The maximum absolute atomic E-state index is 5.22. The molecule has 2 rings (SSSR count). The molecule has 2 heterocycles. The Bertz CT molecular complexity index is 404. The Balaban J connectivity index is 2.35. The molecule has 0 saturated carbocycles. The molecule has 5 nitrogen and oxygen atoms in total. The Hall–Kier alpha value is -1.65. The van der Waals surface area contributed by atoms with Crippen molar-refractivity contribution >= 4 is 0 Å². The zero-order valence-corrected chi connectivity index (χ0v) is 7.53. The zero-order valence-electron chi connectivity index (χ0n) is 7.53. The summed E-state index contributed by atoms with van der Waals surface area (Å²) in [5, 5.41) is 14.5. The fraction of sp³-hybridized carbons (Fsp3) is 0.375. The number of aromatic amines is 1. The Morgan fingerprint density at radius 3 is 2.85 bits per heavy atom. The second-order valence-corrected chi connectivity index (χ2v) is 2.76. The lowest BCUT2D eigenvalue weighted by molar-refractivity contribution is 0.531. The van der Waals surface area contributed by atoms with Gasteiger partial charge in [-0.25, -0.2) is 0 Å². The van der Waals surface area contributed by atoms with Gasteiger partial charge in [-0.2, -0.15) is 5.10 Å². The minimum Gasteiger partial charge on any atom is -0.420 e. The van der Waals surface area contributed by atoms with E-state index in [1.807, 2.05) is 6.07 Å². The van der Waals surface area contributed by atoms with Gasteiger partial charge < -0.3 is 4.42 Å². The standard InChI is InChI=1S/C8H10N4O/c1-3-6-4-7(11-10-6)8-12-9-5(2)13-8/h4H,3H2,1-2H3,(H,10,11). The second-order valence-electron chi connectivity index (χ2n) is 2.76. The summed E-state index contributed by atoms with van der Waals surface area (Å²) in [6.07, 6.45) is 0.917. The van der Waals surface area contributed by atoms with Crippen molar-refractivity contribution in [1.29, 1.82) is 0 Å². The summed E-state index contributed by atoms with van der Waals surface area (Å²) in [4.78, 5) is 0. The number of aromatic nitrogens is 4. The summed E-state index contributed by atoms with van der Waals surface area (Å²) < 4.78 is 5.22. The second kappa shape index (κ2) is 3.01. The smallest absolute Gasteiger partial charge is 0.268 e. The van der Waals surface area contributed by atoms with Gasteiger partial charge in [-0.3, -0.25) is 5.10 Å². The molecule has 0 spiro atoms. The minimum atomic E-state index is 0.466. The third kappa shape index (κ3) is 1.44. The van der Waals surface area contributed by atoms with Crippen LogP contribution in [-0.4, -0.2) is 20.4 Å². The Kier molecular flexibility index (Phi) is 1.84. The minimum absolute atomic E-state index is 0.466. The van der Waals surface area contributed by atoms with Gasteiger partial charge in [0.1, 0.15) is 5.69 Å². The summed E-state index contributed by atoms with van der Waals surface area (Å²) in [5.41, 5.74) is 1.77. The first kappa shape index (κ1) is 7.97. The summed E-state index contributed by atoms with van der Waals surface area (Å²) in [6.45, 7) is 3.81. The zero-order chi connectivity index (χ0) is 9.26. The molecule has 0 bridgehead atoms. The first-order valence-electron chi connectivity index (χ1n) is 4.14. The van der Waals surface area contributed by atoms with Crippen molar-refractivity contribution in [3.63, 3.8) is 0 Å². The van der Waals surface area contributed by atoms with Crippen LogP contribution in [-0.2, 0) is 6.42 Å². The third-order valence-corrected chi connectivity index (χ3v) is 1.76. The molecule has 0 aliphatic heterocycles. The molecule has 68 valence electrons. The first-order valence-corrected chi connectivity index (χ1v) is 4.14. The SMILES string of the molecule is CCc1cc(-c2nnc(C)o2)n[nH]1. The highest BCUT2D eigenvalue weighted by Crippen LogP contribution is 2.15. The van der Waals surface area contributed by atoms with E-state index in [0.29, 0.717) is 17.5 Å². The van der Waals surface area contributed by atoms with Crippen molar-refractivity contribution in [2.45, 2.75) is 20.3 Å². The maximum Gasteiger partial charge on any atom is 0.268 e. The largest absolute Gasteiger partial charge is 0.420 e. The summed E-state index contributed by atoms with van der Waals surface area (Å²) >= 11 is 0. The van der Waals surface area contributed by atoms with Gasteiger partial charge in [0, 0.05) is 12.6 Å². The summed E-state index contributed by atoms with van der Waals surface area (Å²) in [7, 11) is 0. The summed E-state index contributed by atoms with van der Waals surface area (Å²) in [5.74, 6) is 1.02. The molecular formula is C8H10N4O. The Morgan fingerprint density at radius 1 is 1.46 bits per heavy atom. The molecule has 0 saturated heterocycles. The molecule has 0 aromatic carbocycles. The van der Waals surface area contributed by atoms with E-state index in [1.54, 1.807) is 6.92 Å². The van der Waals surface area contributed by atoms with Crippen molar-refractivity contribution < 1.29 is 4.42 Å². The highest BCUT2D eigenvalue weighted by Gasteiger charge is 2.08. The van der Waals surface area contributed by atoms with E-state index in [9.17, 15) is 0 Å². The molecule has 2 aromatic rings. The van der Waals surface area contributed by atoms with Crippen LogP contribution < -0.4 is 0 Å². The van der Waals surface area contributed by atoms with E-state index in [4.69, 9.17) is 4.42 Å². The number of hydrogen-bond donors (Lipinski definition) is 1. The lowest BCUT2D eigenvalue weighted by atomic mass is 10.3. The fourth-order valence-corrected chi connectivity index (χ4v) is 1.05. The van der Waals surface area contributed by atoms with Gasteiger partial charge in [-0.1, -0.05) is 6.92 Å². The molecule has 0 radical (unpaired) electrons. The van der Waals surface area contributed by atoms with Gasteiger partial charge >= 0.3 is 0 Å². The van der Waals surface area contributed by atoms with Gasteiger partial charge in [0.05, 0.1) is 0 Å².